The van der Waals surface area contributed by atoms with Gasteiger partial charge in [0.2, 0.25) is 5.91 Å². The van der Waals surface area contributed by atoms with Gasteiger partial charge in [-0.25, -0.2) is 4.39 Å². The number of nitrogens with zero attached hydrogens (tertiary/aromatic N) is 2. The van der Waals surface area contributed by atoms with Crippen molar-refractivity contribution < 1.29 is 13.9 Å². The number of hydrogen-bond acceptors (Lipinski definition) is 5. The number of rotatable bonds is 9. The van der Waals surface area contributed by atoms with Gasteiger partial charge in [-0.3, -0.25) is 9.59 Å². The van der Waals surface area contributed by atoms with Crippen LogP contribution in [0.25, 0.3) is 11.4 Å². The van der Waals surface area contributed by atoms with Crippen molar-refractivity contribution in [3.63, 3.8) is 0 Å². The van der Waals surface area contributed by atoms with Crippen molar-refractivity contribution in [1.29, 1.82) is 0 Å². The van der Waals surface area contributed by atoms with Crippen LogP contribution in [0.15, 0.2) is 53.3 Å². The topological polar surface area (TPSA) is 97.0 Å². The maximum absolute atomic E-state index is 13.2. The van der Waals surface area contributed by atoms with Crippen LogP contribution in [0.5, 0.6) is 5.75 Å². The number of nitrogens with one attached hydrogen (secondary N) is 2. The zero-order chi connectivity index (χ0) is 21.6. The Hall–Kier alpha value is -3.55. The maximum Gasteiger partial charge on any atom is 0.273 e. The van der Waals surface area contributed by atoms with E-state index in [0.717, 1.165) is 5.56 Å². The number of aryl methyl sites for hydroxylation is 1. The van der Waals surface area contributed by atoms with E-state index in [4.69, 9.17) is 4.74 Å². The Kier molecular flexibility index (Phi) is 6.35. The number of aromatic nitrogens is 3. The van der Waals surface area contributed by atoms with E-state index in [0.29, 0.717) is 29.6 Å². The van der Waals surface area contributed by atoms with E-state index in [-0.39, 0.29) is 42.4 Å². The Labute approximate surface area is 178 Å². The molecule has 1 aromatic heterocycles. The lowest BCUT2D eigenvalue weighted by atomic mass is 10.2. The highest BCUT2D eigenvalue weighted by molar-refractivity contribution is 5.76. The predicted molar refractivity (Wildman–Crippen MR) is 113 cm³/mol. The van der Waals surface area contributed by atoms with Crippen LogP contribution in [-0.2, 0) is 17.8 Å². The smallest absolute Gasteiger partial charge is 0.273 e. The summed E-state index contributed by atoms with van der Waals surface area (Å²) in [6.45, 7) is 0.957. The van der Waals surface area contributed by atoms with Gasteiger partial charge in [0.15, 0.2) is 5.82 Å². The highest BCUT2D eigenvalue weighted by Gasteiger charge is 2.21. The second-order valence-electron chi connectivity index (χ2n) is 7.64. The summed E-state index contributed by atoms with van der Waals surface area (Å²) in [6.07, 6.45) is 2.80. The minimum Gasteiger partial charge on any atom is -0.489 e. The first-order valence-corrected chi connectivity index (χ1v) is 10.3. The first-order valence-electron chi connectivity index (χ1n) is 10.3. The molecule has 4 rings (SSSR count). The number of carbonyl (C=O) groups is 1. The number of carbonyl (C=O) groups excluding carboxylic acids is 1. The van der Waals surface area contributed by atoms with Crippen LogP contribution in [0, 0.1) is 11.7 Å². The summed E-state index contributed by atoms with van der Waals surface area (Å²) in [5, 5.41) is 11.0. The number of benzene rings is 2. The summed E-state index contributed by atoms with van der Waals surface area (Å²) in [7, 11) is 0. The minimum absolute atomic E-state index is 0.0778. The van der Waals surface area contributed by atoms with Gasteiger partial charge in [0.25, 0.3) is 5.56 Å². The monoisotopic (exact) mass is 422 g/mol. The van der Waals surface area contributed by atoms with Crippen molar-refractivity contribution in [3.05, 3.63) is 76.0 Å². The van der Waals surface area contributed by atoms with Gasteiger partial charge in [-0.2, -0.15) is 0 Å². The molecular weight excluding hydrogens is 399 g/mol. The molecule has 2 N–H and O–H groups in total. The minimum atomic E-state index is -0.355. The summed E-state index contributed by atoms with van der Waals surface area (Å²) >= 11 is 0. The zero-order valence-corrected chi connectivity index (χ0v) is 16.9. The summed E-state index contributed by atoms with van der Waals surface area (Å²) in [6, 6.07) is 13.2. The van der Waals surface area contributed by atoms with E-state index in [9.17, 15) is 14.0 Å². The number of halogens is 1. The van der Waals surface area contributed by atoms with Crippen LogP contribution in [0.4, 0.5) is 4.39 Å². The van der Waals surface area contributed by atoms with Gasteiger partial charge in [0.1, 0.15) is 23.9 Å². The van der Waals surface area contributed by atoms with Gasteiger partial charge < -0.3 is 15.0 Å². The zero-order valence-electron chi connectivity index (χ0n) is 16.9. The summed E-state index contributed by atoms with van der Waals surface area (Å²) < 4.78 is 18.9. The van der Waals surface area contributed by atoms with E-state index >= 15 is 0 Å². The van der Waals surface area contributed by atoms with E-state index in [1.165, 1.54) is 25.0 Å². The fourth-order valence-electron chi connectivity index (χ4n) is 3.06. The third kappa shape index (κ3) is 5.97. The van der Waals surface area contributed by atoms with Crippen LogP contribution < -0.4 is 15.6 Å². The van der Waals surface area contributed by atoms with Crippen molar-refractivity contribution in [2.24, 2.45) is 5.92 Å². The van der Waals surface area contributed by atoms with Gasteiger partial charge in [-0.05, 0) is 60.7 Å². The van der Waals surface area contributed by atoms with Crippen LogP contribution in [0.1, 0.15) is 30.5 Å². The second kappa shape index (κ2) is 9.51. The number of hydrogen-bond donors (Lipinski definition) is 2. The van der Waals surface area contributed by atoms with E-state index in [1.54, 1.807) is 36.4 Å². The lowest BCUT2D eigenvalue weighted by molar-refractivity contribution is -0.121. The Bertz CT molecular complexity index is 1110. The second-order valence-corrected chi connectivity index (χ2v) is 7.64. The molecule has 0 saturated heterocycles. The van der Waals surface area contributed by atoms with E-state index in [1.807, 2.05) is 0 Å². The van der Waals surface area contributed by atoms with Gasteiger partial charge in [-0.1, -0.05) is 12.1 Å². The standard InChI is InChI=1S/C23H23FN4O3/c24-18-3-1-2-16(12-18)14-31-19-8-6-17(7-9-19)22-26-23(30)20(27-28-22)10-11-21(29)25-13-15-4-5-15/h1-3,6-9,12,15H,4-5,10-11,13-14H2,(H,25,29)(H,26,28,30). The summed E-state index contributed by atoms with van der Waals surface area (Å²) in [5.41, 5.74) is 1.29. The molecule has 1 amide bonds. The van der Waals surface area contributed by atoms with Gasteiger partial charge in [0.05, 0.1) is 0 Å². The first kappa shape index (κ1) is 20.7. The molecule has 8 heteroatoms. The number of H-pyrrole nitrogens is 1. The quantitative estimate of drug-likeness (QED) is 0.553. The molecule has 1 aliphatic rings. The first-order chi connectivity index (χ1) is 15.1. The van der Waals surface area contributed by atoms with Crippen LogP contribution in [-0.4, -0.2) is 27.6 Å². The SMILES string of the molecule is O=C(CCc1nnc(-c2ccc(OCc3cccc(F)c3)cc2)[nH]c1=O)NCC1CC1. The highest BCUT2D eigenvalue weighted by Crippen LogP contribution is 2.27. The van der Waals surface area contributed by atoms with Crippen molar-refractivity contribution >= 4 is 5.91 Å². The predicted octanol–water partition coefficient (Wildman–Crippen LogP) is 3.01. The molecule has 0 radical (unpaired) electrons. The summed E-state index contributed by atoms with van der Waals surface area (Å²) in [5.74, 6) is 1.18. The van der Waals surface area contributed by atoms with E-state index < -0.39 is 0 Å². The molecule has 31 heavy (non-hydrogen) atoms. The summed E-state index contributed by atoms with van der Waals surface area (Å²) in [4.78, 5) is 26.9. The molecule has 1 aliphatic carbocycles. The molecule has 2 aromatic carbocycles. The molecule has 0 bridgehead atoms. The third-order valence-corrected chi connectivity index (χ3v) is 5.06. The maximum atomic E-state index is 13.2. The molecule has 0 spiro atoms. The molecule has 0 atom stereocenters. The van der Waals surface area contributed by atoms with Gasteiger partial charge in [0, 0.05) is 24.9 Å². The lowest BCUT2D eigenvalue weighted by Crippen LogP contribution is -2.27. The Balaban J connectivity index is 1.32. The Morgan fingerprint density at radius 3 is 2.68 bits per heavy atom. The molecule has 7 nitrogen and oxygen atoms in total. The molecule has 1 saturated carbocycles. The molecule has 0 aliphatic heterocycles. The van der Waals surface area contributed by atoms with Crippen LogP contribution in [0.3, 0.4) is 0 Å². The van der Waals surface area contributed by atoms with Gasteiger partial charge in [-0.15, -0.1) is 10.2 Å². The fraction of sp³-hybridized carbons (Fsp3) is 0.304. The molecule has 0 unspecified atom stereocenters. The van der Waals surface area contributed by atoms with Crippen LogP contribution in [0.2, 0.25) is 0 Å². The normalized spacial score (nSPS) is 13.1. The van der Waals surface area contributed by atoms with E-state index in [2.05, 4.69) is 20.5 Å². The van der Waals surface area contributed by atoms with Gasteiger partial charge >= 0.3 is 0 Å². The molecule has 1 heterocycles. The average molecular weight is 422 g/mol. The molecule has 1 fully saturated rings. The van der Waals surface area contributed by atoms with Crippen LogP contribution >= 0.6 is 0 Å². The highest BCUT2D eigenvalue weighted by atomic mass is 19.1. The van der Waals surface area contributed by atoms with Crippen molar-refractivity contribution in [2.75, 3.05) is 6.54 Å². The molecule has 3 aromatic rings. The largest absolute Gasteiger partial charge is 0.489 e. The Morgan fingerprint density at radius 2 is 1.97 bits per heavy atom. The lowest BCUT2D eigenvalue weighted by Gasteiger charge is -2.07. The third-order valence-electron chi connectivity index (χ3n) is 5.06. The molecule has 160 valence electrons. The van der Waals surface area contributed by atoms with Crippen molar-refractivity contribution in [3.8, 4) is 17.1 Å². The average Bonchev–Trinajstić information content (AvgIpc) is 3.60. The van der Waals surface area contributed by atoms with Crippen molar-refractivity contribution in [2.45, 2.75) is 32.3 Å². The van der Waals surface area contributed by atoms with Crippen molar-refractivity contribution in [1.82, 2.24) is 20.5 Å². The number of amides is 1. The number of aromatic amines is 1. The fourth-order valence-corrected chi connectivity index (χ4v) is 3.06. The number of ether oxygens (including phenoxy) is 1. The Morgan fingerprint density at radius 1 is 1.16 bits per heavy atom. The molecular formula is C23H23FN4O3.